The van der Waals surface area contributed by atoms with Crippen molar-refractivity contribution in [2.75, 3.05) is 30.9 Å². The van der Waals surface area contributed by atoms with E-state index in [1.807, 2.05) is 11.1 Å². The molecule has 6 nitrogen and oxygen atoms in total. The number of hydrogen-bond acceptors (Lipinski definition) is 6. The van der Waals surface area contributed by atoms with Crippen molar-refractivity contribution in [2.24, 2.45) is 5.73 Å². The summed E-state index contributed by atoms with van der Waals surface area (Å²) in [5.41, 5.74) is 6.99. The first-order valence-electron chi connectivity index (χ1n) is 7.21. The average molecular weight is 332 g/mol. The Morgan fingerprint density at radius 1 is 1.57 bits per heavy atom. The van der Waals surface area contributed by atoms with Gasteiger partial charge in [-0.05, 0) is 6.42 Å². The number of sulfone groups is 1. The molecule has 0 aromatic carbocycles. The molecule has 21 heavy (non-hydrogen) atoms. The highest BCUT2D eigenvalue weighted by Crippen LogP contribution is 2.29. The quantitative estimate of drug-likeness (QED) is 0.826. The van der Waals surface area contributed by atoms with Crippen LogP contribution in [0.4, 0.5) is 0 Å². The molecular formula is C13H24N4O2S2. The number of nitrogens with two attached hydrogens (primary N) is 1. The second kappa shape index (κ2) is 7.13. The molecule has 0 spiro atoms. The second-order valence-corrected chi connectivity index (χ2v) is 8.71. The number of thioether (sulfide) groups is 1. The molecule has 2 unspecified atom stereocenters. The van der Waals surface area contributed by atoms with Crippen molar-refractivity contribution in [3.8, 4) is 0 Å². The molecule has 2 atom stereocenters. The van der Waals surface area contributed by atoms with Crippen LogP contribution in [-0.4, -0.2) is 59.1 Å². The standard InChI is InChI=1S/C13H24N4O2S2/c1-3-4-16-10-15-8-12(16)11(7-14)17-5-6-20-9-13(17)21(2,18)19/h8,10-11,13H,3-7,9,14H2,1-2H3. The normalized spacial score (nSPS) is 22.3. The van der Waals surface area contributed by atoms with Crippen molar-refractivity contribution >= 4 is 21.6 Å². The summed E-state index contributed by atoms with van der Waals surface area (Å²) in [6, 6.07) is -0.0975. The Balaban J connectivity index is 2.32. The first-order chi connectivity index (χ1) is 9.99. The topological polar surface area (TPSA) is 81.2 Å². The Bertz CT molecular complexity index is 558. The summed E-state index contributed by atoms with van der Waals surface area (Å²) < 4.78 is 26.2. The molecule has 1 aromatic rings. The van der Waals surface area contributed by atoms with Crippen molar-refractivity contribution in [3.63, 3.8) is 0 Å². The lowest BCUT2D eigenvalue weighted by molar-refractivity contribution is 0.190. The third-order valence-electron chi connectivity index (χ3n) is 3.79. The van der Waals surface area contributed by atoms with E-state index < -0.39 is 15.2 Å². The van der Waals surface area contributed by atoms with Crippen molar-refractivity contribution in [1.82, 2.24) is 14.5 Å². The fourth-order valence-corrected chi connectivity index (χ4v) is 5.70. The third kappa shape index (κ3) is 3.80. The molecule has 1 aliphatic heterocycles. The van der Waals surface area contributed by atoms with E-state index in [1.165, 1.54) is 6.26 Å². The van der Waals surface area contributed by atoms with Crippen LogP contribution in [0.25, 0.3) is 0 Å². The molecule has 1 fully saturated rings. The SMILES string of the molecule is CCCn1cncc1C(CN)N1CCSCC1S(C)(=O)=O. The van der Waals surface area contributed by atoms with E-state index in [4.69, 9.17) is 5.73 Å². The zero-order valence-corrected chi connectivity index (χ0v) is 14.2. The van der Waals surface area contributed by atoms with Gasteiger partial charge in [-0.25, -0.2) is 13.4 Å². The van der Waals surface area contributed by atoms with E-state index in [1.54, 1.807) is 18.1 Å². The predicted molar refractivity (Wildman–Crippen MR) is 87.0 cm³/mol. The van der Waals surface area contributed by atoms with E-state index in [-0.39, 0.29) is 6.04 Å². The number of hydrogen-bond donors (Lipinski definition) is 1. The highest BCUT2D eigenvalue weighted by atomic mass is 32.2. The second-order valence-electron chi connectivity index (χ2n) is 5.36. The highest BCUT2D eigenvalue weighted by Gasteiger charge is 2.36. The van der Waals surface area contributed by atoms with Crippen LogP contribution in [0.2, 0.25) is 0 Å². The fourth-order valence-electron chi connectivity index (χ4n) is 2.78. The van der Waals surface area contributed by atoms with Gasteiger partial charge in [0.1, 0.15) is 5.37 Å². The lowest BCUT2D eigenvalue weighted by Gasteiger charge is -2.39. The average Bonchev–Trinajstić information content (AvgIpc) is 2.88. The van der Waals surface area contributed by atoms with Gasteiger partial charge in [0.05, 0.1) is 18.1 Å². The lowest BCUT2D eigenvalue weighted by atomic mass is 10.1. The third-order valence-corrected chi connectivity index (χ3v) is 6.45. The van der Waals surface area contributed by atoms with Crippen LogP contribution in [0.5, 0.6) is 0 Å². The fraction of sp³-hybridized carbons (Fsp3) is 0.769. The maximum absolute atomic E-state index is 12.1. The molecule has 0 radical (unpaired) electrons. The number of nitrogens with zero attached hydrogens (tertiary/aromatic N) is 3. The van der Waals surface area contributed by atoms with E-state index in [2.05, 4.69) is 16.5 Å². The number of aromatic nitrogens is 2. The minimum atomic E-state index is -3.13. The van der Waals surface area contributed by atoms with Crippen molar-refractivity contribution in [1.29, 1.82) is 0 Å². The molecule has 1 aliphatic rings. The van der Waals surface area contributed by atoms with Crippen LogP contribution in [0.3, 0.4) is 0 Å². The van der Waals surface area contributed by atoms with Crippen LogP contribution in [0.1, 0.15) is 25.1 Å². The van der Waals surface area contributed by atoms with Gasteiger partial charge in [0.2, 0.25) is 0 Å². The van der Waals surface area contributed by atoms with Crippen molar-refractivity contribution in [3.05, 3.63) is 18.2 Å². The molecule has 8 heteroatoms. The van der Waals surface area contributed by atoms with Gasteiger partial charge in [0, 0.05) is 43.6 Å². The summed E-state index contributed by atoms with van der Waals surface area (Å²) in [6.07, 6.45) is 5.93. The summed E-state index contributed by atoms with van der Waals surface area (Å²) >= 11 is 1.69. The Kier molecular flexibility index (Phi) is 5.70. The summed E-state index contributed by atoms with van der Waals surface area (Å²) in [5.74, 6) is 1.54. The van der Waals surface area contributed by atoms with Crippen LogP contribution < -0.4 is 5.73 Å². The smallest absolute Gasteiger partial charge is 0.164 e. The Hall–Kier alpha value is -0.570. The zero-order chi connectivity index (χ0) is 15.5. The predicted octanol–water partition coefficient (Wildman–Crippen LogP) is 0.712. The van der Waals surface area contributed by atoms with Gasteiger partial charge in [0.25, 0.3) is 0 Å². The Morgan fingerprint density at radius 3 is 2.95 bits per heavy atom. The van der Waals surface area contributed by atoms with Gasteiger partial charge in [0.15, 0.2) is 9.84 Å². The summed E-state index contributed by atoms with van der Waals surface area (Å²) in [7, 11) is -3.13. The van der Waals surface area contributed by atoms with Crippen molar-refractivity contribution < 1.29 is 8.42 Å². The maximum atomic E-state index is 12.1. The van der Waals surface area contributed by atoms with Gasteiger partial charge < -0.3 is 10.3 Å². The number of rotatable bonds is 6. The van der Waals surface area contributed by atoms with Crippen LogP contribution in [-0.2, 0) is 16.4 Å². The summed E-state index contributed by atoms with van der Waals surface area (Å²) in [5, 5.41) is -0.463. The maximum Gasteiger partial charge on any atom is 0.164 e. The van der Waals surface area contributed by atoms with Crippen LogP contribution >= 0.6 is 11.8 Å². The lowest BCUT2D eigenvalue weighted by Crippen LogP contribution is -2.50. The van der Waals surface area contributed by atoms with Crippen LogP contribution in [0.15, 0.2) is 12.5 Å². The van der Waals surface area contributed by atoms with Gasteiger partial charge >= 0.3 is 0 Å². The summed E-state index contributed by atoms with van der Waals surface area (Å²) in [4.78, 5) is 6.25. The molecule has 1 saturated heterocycles. The number of imidazole rings is 1. The first-order valence-corrected chi connectivity index (χ1v) is 10.3. The molecule has 0 amide bonds. The summed E-state index contributed by atoms with van der Waals surface area (Å²) in [6.45, 7) is 4.11. The minimum absolute atomic E-state index is 0.0975. The van der Waals surface area contributed by atoms with Gasteiger partial charge in [-0.1, -0.05) is 6.92 Å². The molecule has 0 aliphatic carbocycles. The van der Waals surface area contributed by atoms with Crippen LogP contribution in [0, 0.1) is 0 Å². The largest absolute Gasteiger partial charge is 0.333 e. The van der Waals surface area contributed by atoms with E-state index in [9.17, 15) is 8.42 Å². The molecule has 120 valence electrons. The first kappa shape index (κ1) is 16.8. The molecule has 0 bridgehead atoms. The Morgan fingerprint density at radius 2 is 2.33 bits per heavy atom. The van der Waals surface area contributed by atoms with Crippen molar-refractivity contribution in [2.45, 2.75) is 31.3 Å². The molecule has 2 heterocycles. The van der Waals surface area contributed by atoms with E-state index >= 15 is 0 Å². The molecule has 2 N–H and O–H groups in total. The van der Waals surface area contributed by atoms with E-state index in [0.29, 0.717) is 12.3 Å². The molecule has 1 aromatic heterocycles. The molecule has 2 rings (SSSR count). The Labute approximate surface area is 131 Å². The molecule has 0 saturated carbocycles. The number of aryl methyl sites for hydroxylation is 1. The highest BCUT2D eigenvalue weighted by molar-refractivity contribution is 8.00. The zero-order valence-electron chi connectivity index (χ0n) is 12.6. The minimum Gasteiger partial charge on any atom is -0.333 e. The van der Waals surface area contributed by atoms with Gasteiger partial charge in [-0.3, -0.25) is 4.90 Å². The van der Waals surface area contributed by atoms with Gasteiger partial charge in [-0.15, -0.1) is 0 Å². The van der Waals surface area contributed by atoms with E-state index in [0.717, 1.165) is 31.0 Å². The monoisotopic (exact) mass is 332 g/mol. The molecular weight excluding hydrogens is 308 g/mol. The van der Waals surface area contributed by atoms with Gasteiger partial charge in [-0.2, -0.15) is 11.8 Å².